The standard InChI is InChI=1S/C18H28N2O3/c1-13-11-15(12-13)19-9-10-22-16-7-5-14(6-8-16)20-17(21)23-18(2,3)4/h5-8,13,15,19H,9-12H2,1-4H3,(H,20,21). The lowest BCUT2D eigenvalue weighted by molar-refractivity contribution is 0.0636. The number of hydrogen-bond donors (Lipinski definition) is 2. The van der Waals surface area contributed by atoms with Gasteiger partial charge < -0.3 is 14.8 Å². The van der Waals surface area contributed by atoms with Crippen molar-refractivity contribution in [3.63, 3.8) is 0 Å². The number of rotatable bonds is 6. The van der Waals surface area contributed by atoms with Gasteiger partial charge in [0.25, 0.3) is 0 Å². The molecule has 1 fully saturated rings. The Kier molecular flexibility index (Phi) is 5.88. The highest BCUT2D eigenvalue weighted by Crippen LogP contribution is 2.25. The first-order valence-electron chi connectivity index (χ1n) is 8.28. The van der Waals surface area contributed by atoms with E-state index in [0.717, 1.165) is 18.2 Å². The van der Waals surface area contributed by atoms with Crippen molar-refractivity contribution in [2.24, 2.45) is 5.92 Å². The van der Waals surface area contributed by atoms with Crippen LogP contribution >= 0.6 is 0 Å². The van der Waals surface area contributed by atoms with Gasteiger partial charge in [0.05, 0.1) is 0 Å². The maximum Gasteiger partial charge on any atom is 0.412 e. The summed E-state index contributed by atoms with van der Waals surface area (Å²) < 4.78 is 10.9. The molecule has 1 aliphatic carbocycles. The molecule has 128 valence electrons. The first-order chi connectivity index (χ1) is 10.8. The maximum atomic E-state index is 11.7. The van der Waals surface area contributed by atoms with Crippen LogP contribution in [0.4, 0.5) is 10.5 Å². The number of nitrogens with one attached hydrogen (secondary N) is 2. The summed E-state index contributed by atoms with van der Waals surface area (Å²) in [4.78, 5) is 11.7. The van der Waals surface area contributed by atoms with E-state index in [1.807, 2.05) is 32.9 Å². The monoisotopic (exact) mass is 320 g/mol. The smallest absolute Gasteiger partial charge is 0.412 e. The molecule has 1 saturated carbocycles. The molecule has 0 spiro atoms. The molecule has 1 amide bonds. The van der Waals surface area contributed by atoms with Gasteiger partial charge in [-0.05, 0) is 63.8 Å². The van der Waals surface area contributed by atoms with E-state index < -0.39 is 11.7 Å². The number of carbonyl (C=O) groups is 1. The van der Waals surface area contributed by atoms with Gasteiger partial charge >= 0.3 is 6.09 Å². The highest BCUT2D eigenvalue weighted by Gasteiger charge is 2.24. The van der Waals surface area contributed by atoms with Crippen molar-refractivity contribution < 1.29 is 14.3 Å². The van der Waals surface area contributed by atoms with Crippen LogP contribution in [0.2, 0.25) is 0 Å². The highest BCUT2D eigenvalue weighted by molar-refractivity contribution is 5.84. The Balaban J connectivity index is 1.66. The number of benzene rings is 1. The summed E-state index contributed by atoms with van der Waals surface area (Å²) in [6.07, 6.45) is 2.08. The summed E-state index contributed by atoms with van der Waals surface area (Å²) in [6.45, 7) is 9.28. The van der Waals surface area contributed by atoms with Gasteiger partial charge in [0.2, 0.25) is 0 Å². The minimum Gasteiger partial charge on any atom is -0.492 e. The first kappa shape index (κ1) is 17.6. The SMILES string of the molecule is CC1CC(NCCOc2ccc(NC(=O)OC(C)(C)C)cc2)C1. The fraction of sp³-hybridized carbons (Fsp3) is 0.611. The van der Waals surface area contributed by atoms with Gasteiger partial charge in [-0.3, -0.25) is 5.32 Å². The number of ether oxygens (including phenoxy) is 2. The molecule has 0 unspecified atom stereocenters. The summed E-state index contributed by atoms with van der Waals surface area (Å²) in [6, 6.07) is 7.96. The fourth-order valence-corrected chi connectivity index (χ4v) is 2.56. The predicted molar refractivity (Wildman–Crippen MR) is 92.0 cm³/mol. The number of amides is 1. The minimum absolute atomic E-state index is 0.454. The molecule has 0 radical (unpaired) electrons. The molecule has 2 N–H and O–H groups in total. The highest BCUT2D eigenvalue weighted by atomic mass is 16.6. The fourth-order valence-electron chi connectivity index (χ4n) is 2.56. The Labute approximate surface area is 138 Å². The third kappa shape index (κ3) is 6.48. The van der Waals surface area contributed by atoms with E-state index in [2.05, 4.69) is 17.6 Å². The Morgan fingerprint density at radius 2 is 1.87 bits per heavy atom. The van der Waals surface area contributed by atoms with Crippen LogP contribution in [0.1, 0.15) is 40.5 Å². The van der Waals surface area contributed by atoms with Crippen LogP contribution in [0, 0.1) is 5.92 Å². The van der Waals surface area contributed by atoms with Gasteiger partial charge in [-0.25, -0.2) is 4.79 Å². The normalized spacial score (nSPS) is 20.5. The van der Waals surface area contributed by atoms with Crippen LogP contribution in [0.3, 0.4) is 0 Å². The molecular weight excluding hydrogens is 292 g/mol. The molecular formula is C18H28N2O3. The molecule has 0 bridgehead atoms. The third-order valence-corrected chi connectivity index (χ3v) is 3.68. The zero-order valence-corrected chi connectivity index (χ0v) is 14.5. The molecule has 0 saturated heterocycles. The van der Waals surface area contributed by atoms with E-state index in [0.29, 0.717) is 18.3 Å². The van der Waals surface area contributed by atoms with Gasteiger partial charge in [0.1, 0.15) is 18.0 Å². The quantitative estimate of drug-likeness (QED) is 0.783. The molecule has 1 aromatic rings. The average molecular weight is 320 g/mol. The lowest BCUT2D eigenvalue weighted by atomic mass is 9.82. The van der Waals surface area contributed by atoms with Crippen LogP contribution in [0.25, 0.3) is 0 Å². The van der Waals surface area contributed by atoms with Crippen LogP contribution in [-0.2, 0) is 4.74 Å². The number of carbonyl (C=O) groups excluding carboxylic acids is 1. The van der Waals surface area contributed by atoms with Crippen LogP contribution in [0.15, 0.2) is 24.3 Å². The predicted octanol–water partition coefficient (Wildman–Crippen LogP) is 3.80. The molecule has 1 aromatic carbocycles. The van der Waals surface area contributed by atoms with Crippen molar-refractivity contribution in [1.82, 2.24) is 5.32 Å². The van der Waals surface area contributed by atoms with Gasteiger partial charge in [-0.2, -0.15) is 0 Å². The zero-order chi connectivity index (χ0) is 16.9. The number of anilines is 1. The van der Waals surface area contributed by atoms with Crippen LogP contribution < -0.4 is 15.4 Å². The Bertz CT molecular complexity index is 502. The zero-order valence-electron chi connectivity index (χ0n) is 14.5. The van der Waals surface area contributed by atoms with Gasteiger partial charge in [0, 0.05) is 18.3 Å². The van der Waals surface area contributed by atoms with E-state index in [1.165, 1.54) is 12.8 Å². The second-order valence-corrected chi connectivity index (χ2v) is 7.23. The van der Waals surface area contributed by atoms with Crippen molar-refractivity contribution >= 4 is 11.8 Å². The van der Waals surface area contributed by atoms with E-state index in [9.17, 15) is 4.79 Å². The molecule has 2 rings (SSSR count). The molecule has 0 aromatic heterocycles. The van der Waals surface area contributed by atoms with Crippen LogP contribution in [0.5, 0.6) is 5.75 Å². The Morgan fingerprint density at radius 1 is 1.22 bits per heavy atom. The summed E-state index contributed by atoms with van der Waals surface area (Å²) >= 11 is 0. The van der Waals surface area contributed by atoms with Crippen molar-refractivity contribution in [1.29, 1.82) is 0 Å². The van der Waals surface area contributed by atoms with Crippen LogP contribution in [-0.4, -0.2) is 30.9 Å². The molecule has 5 heteroatoms. The van der Waals surface area contributed by atoms with Gasteiger partial charge in [-0.1, -0.05) is 6.92 Å². The summed E-state index contributed by atoms with van der Waals surface area (Å²) in [5.74, 6) is 1.65. The van der Waals surface area contributed by atoms with Crippen molar-refractivity contribution in [2.45, 2.75) is 52.2 Å². The number of hydrogen-bond acceptors (Lipinski definition) is 4. The molecule has 0 heterocycles. The van der Waals surface area contributed by atoms with Crippen molar-refractivity contribution in [2.75, 3.05) is 18.5 Å². The lowest BCUT2D eigenvalue weighted by Crippen LogP contribution is -2.41. The third-order valence-electron chi connectivity index (χ3n) is 3.68. The largest absolute Gasteiger partial charge is 0.492 e. The minimum atomic E-state index is -0.502. The summed E-state index contributed by atoms with van der Waals surface area (Å²) in [5.41, 5.74) is 0.187. The molecule has 23 heavy (non-hydrogen) atoms. The average Bonchev–Trinajstić information content (AvgIpc) is 2.41. The van der Waals surface area contributed by atoms with E-state index in [1.54, 1.807) is 12.1 Å². The summed E-state index contributed by atoms with van der Waals surface area (Å²) in [5, 5.41) is 6.18. The van der Waals surface area contributed by atoms with Crippen molar-refractivity contribution in [3.05, 3.63) is 24.3 Å². The Hall–Kier alpha value is -1.75. The van der Waals surface area contributed by atoms with Crippen molar-refractivity contribution in [3.8, 4) is 5.75 Å². The maximum absolute atomic E-state index is 11.7. The van der Waals surface area contributed by atoms with Gasteiger partial charge in [-0.15, -0.1) is 0 Å². The second-order valence-electron chi connectivity index (χ2n) is 7.23. The summed E-state index contributed by atoms with van der Waals surface area (Å²) in [7, 11) is 0. The van der Waals surface area contributed by atoms with Gasteiger partial charge in [0.15, 0.2) is 0 Å². The molecule has 0 atom stereocenters. The Morgan fingerprint density at radius 3 is 2.43 bits per heavy atom. The lowest BCUT2D eigenvalue weighted by Gasteiger charge is -2.33. The van der Waals surface area contributed by atoms with E-state index in [-0.39, 0.29) is 0 Å². The molecule has 5 nitrogen and oxygen atoms in total. The molecule has 0 aliphatic heterocycles. The second kappa shape index (κ2) is 7.68. The van der Waals surface area contributed by atoms with E-state index in [4.69, 9.17) is 9.47 Å². The topological polar surface area (TPSA) is 59.6 Å². The first-order valence-corrected chi connectivity index (χ1v) is 8.28. The molecule has 1 aliphatic rings. The van der Waals surface area contributed by atoms with E-state index >= 15 is 0 Å².